The normalized spacial score (nSPS) is 54.9. The Kier molecular flexibility index (Phi) is 33.2. The average molecular weight is 1970 g/mol. The number of rotatable bonds is 25. The second-order valence-electron chi connectivity index (χ2n) is 42.3. The minimum absolute atomic E-state index is 0.0366. The van der Waals surface area contributed by atoms with E-state index in [1.165, 1.54) is 13.8 Å². The zero-order valence-electron chi connectivity index (χ0n) is 77.3. The number of aliphatic hydroxyl groups excluding tert-OH is 27. The van der Waals surface area contributed by atoms with Crippen LogP contribution in [0.3, 0.4) is 0 Å². The third kappa shape index (κ3) is 19.7. The van der Waals surface area contributed by atoms with Gasteiger partial charge in [-0.1, -0.05) is 60.1 Å². The minimum atomic E-state index is -2.10. The number of carbonyl (C=O) groups is 1. The number of hydrogen-bond acceptors (Lipinski definition) is 48. The van der Waals surface area contributed by atoms with Crippen molar-refractivity contribution in [2.75, 3.05) is 46.2 Å². The molecule has 56 unspecified atom stereocenters. The lowest BCUT2D eigenvalue weighted by Gasteiger charge is -2.71. The van der Waals surface area contributed by atoms with Crippen LogP contribution in [0.4, 0.5) is 0 Å². The molecule has 0 spiro atoms. The fourth-order valence-corrected chi connectivity index (χ4v) is 24.5. The molecular weight excluding hydrogens is 1820 g/mol. The number of carbonyl (C=O) groups excluding carboxylic acids is 1. The molecule has 48 nitrogen and oxygen atoms in total. The first-order valence-corrected chi connectivity index (χ1v) is 47.3. The van der Waals surface area contributed by atoms with Gasteiger partial charge in [0.05, 0.1) is 76.1 Å². The van der Waals surface area contributed by atoms with Crippen molar-refractivity contribution < 1.29 is 237 Å². The smallest absolute Gasteiger partial charge is 0.315 e. The molecule has 10 saturated heterocycles. The van der Waals surface area contributed by atoms with Crippen LogP contribution >= 0.6 is 0 Å². The fraction of sp³-hybridized carbons (Fsp3) is 0.966. The summed E-state index contributed by atoms with van der Waals surface area (Å²) in [6, 6.07) is 0. The third-order valence-electron chi connectivity index (χ3n) is 33.2. The molecule has 14 fully saturated rings. The topological polar surface area (TPSA) is 748 Å². The van der Waals surface area contributed by atoms with E-state index in [1.54, 1.807) is 6.92 Å². The molecule has 136 heavy (non-hydrogen) atoms. The van der Waals surface area contributed by atoms with Crippen LogP contribution in [-0.2, 0) is 99.5 Å². The van der Waals surface area contributed by atoms with Crippen LogP contribution in [0.2, 0.25) is 0 Å². The Morgan fingerprint density at radius 3 is 1.30 bits per heavy atom. The summed E-state index contributed by atoms with van der Waals surface area (Å²) in [5, 5.41) is 298. The number of hydrogen-bond donors (Lipinski definition) is 27. The fourth-order valence-electron chi connectivity index (χ4n) is 24.5. The quantitative estimate of drug-likeness (QED) is 0.0229. The van der Waals surface area contributed by atoms with Crippen molar-refractivity contribution in [2.24, 2.45) is 50.2 Å². The number of aliphatic hydroxyl groups is 27. The van der Waals surface area contributed by atoms with E-state index in [2.05, 4.69) is 54.5 Å². The van der Waals surface area contributed by atoms with Gasteiger partial charge in [0, 0.05) is 0 Å². The lowest BCUT2D eigenvalue weighted by molar-refractivity contribution is -0.386. The Labute approximate surface area is 783 Å². The highest BCUT2D eigenvalue weighted by molar-refractivity contribution is 5.79. The van der Waals surface area contributed by atoms with E-state index in [0.29, 0.717) is 51.4 Å². The highest BCUT2D eigenvalue weighted by atomic mass is 16.8. The summed E-state index contributed by atoms with van der Waals surface area (Å²) in [6.45, 7) is 14.5. The largest absolute Gasteiger partial charge is 0.432 e. The van der Waals surface area contributed by atoms with Gasteiger partial charge in [0.1, 0.15) is 214 Å². The molecule has 4 saturated carbocycles. The predicted octanol–water partition coefficient (Wildman–Crippen LogP) is -10.7. The molecular formula is C88H144O48. The van der Waals surface area contributed by atoms with Crippen LogP contribution in [0.5, 0.6) is 0 Å². The van der Waals surface area contributed by atoms with Crippen LogP contribution in [0, 0.1) is 50.2 Å². The van der Waals surface area contributed by atoms with E-state index in [9.17, 15) is 138 Å². The van der Waals surface area contributed by atoms with Crippen molar-refractivity contribution in [3.63, 3.8) is 0 Å². The molecule has 0 aromatic carbocycles. The maximum absolute atomic E-state index is 15.5. The molecule has 0 radical (unpaired) electrons. The minimum Gasteiger partial charge on any atom is -0.432 e. The van der Waals surface area contributed by atoms with Gasteiger partial charge in [0.25, 0.3) is 0 Å². The molecule has 10 heterocycles. The van der Waals surface area contributed by atoms with Crippen molar-refractivity contribution in [3.05, 3.63) is 11.6 Å². The molecule has 27 N–H and O–H groups in total. The van der Waals surface area contributed by atoms with E-state index in [1.807, 2.05) is 0 Å². The Hall–Kier alpha value is -2.63. The molecule has 5 aliphatic carbocycles. The van der Waals surface area contributed by atoms with Gasteiger partial charge in [-0.15, -0.1) is 0 Å². The van der Waals surface area contributed by atoms with Gasteiger partial charge in [-0.2, -0.15) is 0 Å². The van der Waals surface area contributed by atoms with Gasteiger partial charge >= 0.3 is 5.97 Å². The molecule has 56 atom stereocenters. The predicted molar refractivity (Wildman–Crippen MR) is 442 cm³/mol. The number of esters is 1. The zero-order valence-corrected chi connectivity index (χ0v) is 77.3. The van der Waals surface area contributed by atoms with Crippen LogP contribution in [0.15, 0.2) is 11.6 Å². The molecule has 10 aliphatic heterocycles. The highest BCUT2D eigenvalue weighted by Crippen LogP contribution is 2.76. The third-order valence-corrected chi connectivity index (χ3v) is 33.2. The number of fused-ring (bicyclic) bond motifs is 7. The highest BCUT2D eigenvalue weighted by Gasteiger charge is 2.72. The molecule has 48 heteroatoms. The Balaban J connectivity index is 0.541. The van der Waals surface area contributed by atoms with Crippen molar-refractivity contribution in [3.8, 4) is 0 Å². The van der Waals surface area contributed by atoms with Crippen molar-refractivity contribution in [2.45, 2.75) is 434 Å². The first kappa shape index (κ1) is 108. The molecule has 0 aromatic heterocycles. The maximum atomic E-state index is 15.5. The average Bonchev–Trinajstić information content (AvgIpc) is 0.672. The lowest BCUT2D eigenvalue weighted by atomic mass is 9.33. The molecule has 0 amide bonds. The number of ether oxygens (including phenoxy) is 20. The summed E-state index contributed by atoms with van der Waals surface area (Å²) in [5.41, 5.74) is -1.94. The van der Waals surface area contributed by atoms with Crippen molar-refractivity contribution in [1.82, 2.24) is 0 Å². The SMILES string of the molecule is CC1OC(OCC2OC(OC3C(CO)OC(OC4COC(OC5C(OC6C(C)OC(OC7CCC8(C)C(CCC9(C)C8CC=C8C%10CC(C)(C)CCC%10(C(=O)OC%10OC(COC%11OC(CO)C(OC%12OC(CO)C(OC%13OC(C)C(O)C(O)C%13O)C(O)C%12O)C(O)C%11O)C(O)C(O)C%10O)CCC89C)C7(C)C)C(O)C6O)OCC(O)C5O)C(O)C4O)C(O)C3O)C(O)C(O)C2O)C(O)C(O)C1O. The van der Waals surface area contributed by atoms with Gasteiger partial charge in [0.15, 0.2) is 56.6 Å². The zero-order chi connectivity index (χ0) is 99.0. The molecule has 15 aliphatic rings. The van der Waals surface area contributed by atoms with E-state index in [0.717, 1.165) is 18.4 Å². The molecule has 0 bridgehead atoms. The second kappa shape index (κ2) is 41.9. The van der Waals surface area contributed by atoms with E-state index >= 15 is 4.79 Å². The number of allylic oxidation sites excluding steroid dienone is 2. The molecule has 15 rings (SSSR count). The van der Waals surface area contributed by atoms with Gasteiger partial charge in [-0.05, 0) is 130 Å². The Morgan fingerprint density at radius 1 is 0.353 bits per heavy atom. The van der Waals surface area contributed by atoms with Crippen molar-refractivity contribution in [1.29, 1.82) is 0 Å². The second-order valence-corrected chi connectivity index (χ2v) is 42.3. The standard InChI is InChI=1S/C88H144O48/c1-29-44(93)50(99)59(108)72(121-29)118-26-38-47(96)52(101)61(110)78(128-38)133-70-36(23-90)125-77(65(114)56(70)105)127-40-28-120-74(58(107)49(40)98)135-71-46(95)34(92)25-117-81(71)131-67-31(3)123-75(64(113)54(67)103)130-43-14-15-85(8)41(84(43,6)7)13-16-87(10)42(85)12-11-32-33-21-83(4,5)17-19-88(33,20-18-86(32,87)9)82(116)136-80-62(111)53(102)48(97)39(129-80)27-119-73-63(112)55(104)68(35(22-89)124-73)134-79-66(115)57(106)69(37(24-91)126-79)132-76-60(109)51(100)45(94)30(2)122-76/h11,29-31,33-81,89-115H,12-28H2,1-10H3. The summed E-state index contributed by atoms with van der Waals surface area (Å²) in [4.78, 5) is 15.5. The monoisotopic (exact) mass is 1970 g/mol. The summed E-state index contributed by atoms with van der Waals surface area (Å²) < 4.78 is 118. The van der Waals surface area contributed by atoms with E-state index in [4.69, 9.17) is 94.7 Å². The van der Waals surface area contributed by atoms with Crippen LogP contribution in [-0.4, -0.2) is 491 Å². The summed E-state index contributed by atoms with van der Waals surface area (Å²) >= 11 is 0. The summed E-state index contributed by atoms with van der Waals surface area (Å²) in [5.74, 6) is -0.894. The van der Waals surface area contributed by atoms with Gasteiger partial charge in [0.2, 0.25) is 6.29 Å². The van der Waals surface area contributed by atoms with Crippen LogP contribution < -0.4 is 0 Å². The van der Waals surface area contributed by atoms with E-state index < -0.39 is 369 Å². The first-order valence-electron chi connectivity index (χ1n) is 47.3. The summed E-state index contributed by atoms with van der Waals surface area (Å²) in [6.07, 6.45) is -76.2. The Morgan fingerprint density at radius 2 is 0.757 bits per heavy atom. The van der Waals surface area contributed by atoms with Gasteiger partial charge in [-0.25, -0.2) is 0 Å². The Bertz CT molecular complexity index is 3950. The van der Waals surface area contributed by atoms with Crippen LogP contribution in [0.1, 0.15) is 133 Å². The molecule has 0 aromatic rings. The lowest BCUT2D eigenvalue weighted by Crippen LogP contribution is -2.66. The van der Waals surface area contributed by atoms with Crippen LogP contribution in [0.25, 0.3) is 0 Å². The summed E-state index contributed by atoms with van der Waals surface area (Å²) in [7, 11) is 0. The first-order chi connectivity index (χ1) is 63.9. The molecule has 784 valence electrons. The van der Waals surface area contributed by atoms with E-state index in [-0.39, 0.29) is 34.0 Å². The van der Waals surface area contributed by atoms with Crippen molar-refractivity contribution >= 4 is 5.97 Å². The van der Waals surface area contributed by atoms with Gasteiger partial charge < -0.3 is 233 Å². The maximum Gasteiger partial charge on any atom is 0.315 e. The van der Waals surface area contributed by atoms with Gasteiger partial charge in [-0.3, -0.25) is 4.79 Å².